The largest absolute Gasteiger partial charge is 0.368 e. The summed E-state index contributed by atoms with van der Waals surface area (Å²) in [5, 5.41) is 4.33. The first-order chi connectivity index (χ1) is 9.47. The summed E-state index contributed by atoms with van der Waals surface area (Å²) >= 11 is 0. The van der Waals surface area contributed by atoms with Crippen LogP contribution >= 0.6 is 0 Å². The Labute approximate surface area is 119 Å². The number of rotatable bonds is 4. The number of aryl methyl sites for hydroxylation is 1. The second kappa shape index (κ2) is 5.88. The lowest BCUT2D eigenvalue weighted by molar-refractivity contribution is 0.321. The average molecular weight is 271 g/mol. The fraction of sp³-hybridized carbons (Fsp3) is 0.333. The van der Waals surface area contributed by atoms with E-state index in [0.29, 0.717) is 12.0 Å². The molecule has 5 nitrogen and oxygen atoms in total. The fourth-order valence-electron chi connectivity index (χ4n) is 1.92. The zero-order chi connectivity index (χ0) is 14.7. The van der Waals surface area contributed by atoms with Gasteiger partial charge in [0.15, 0.2) is 0 Å². The van der Waals surface area contributed by atoms with Gasteiger partial charge in [0.2, 0.25) is 5.95 Å². The Kier molecular flexibility index (Phi) is 4.20. The van der Waals surface area contributed by atoms with Gasteiger partial charge in [-0.3, -0.25) is 0 Å². The van der Waals surface area contributed by atoms with Gasteiger partial charge < -0.3 is 10.6 Å². The molecule has 1 aromatic heterocycles. The third-order valence-electron chi connectivity index (χ3n) is 3.33. The Hall–Kier alpha value is -2.14. The van der Waals surface area contributed by atoms with Gasteiger partial charge in [0.25, 0.3) is 0 Å². The number of hydrogen-bond donors (Lipinski definition) is 1. The number of nitrogens with zero attached hydrogens (tertiary/aromatic N) is 4. The van der Waals surface area contributed by atoms with Crippen molar-refractivity contribution < 1.29 is 0 Å². The third-order valence-corrected chi connectivity index (χ3v) is 3.33. The lowest BCUT2D eigenvalue weighted by atomic mass is 10.1. The molecule has 106 valence electrons. The zero-order valence-corrected chi connectivity index (χ0v) is 12.4. The minimum Gasteiger partial charge on any atom is -0.368 e. The molecule has 0 saturated carbocycles. The van der Waals surface area contributed by atoms with Crippen LogP contribution in [-0.2, 0) is 0 Å². The van der Waals surface area contributed by atoms with Crippen LogP contribution in [0.15, 0.2) is 35.6 Å². The Morgan fingerprint density at radius 3 is 2.75 bits per heavy atom. The first-order valence-corrected chi connectivity index (χ1v) is 6.59. The molecule has 0 fully saturated rings. The molecule has 0 amide bonds. The first kappa shape index (κ1) is 14.3. The fourth-order valence-corrected chi connectivity index (χ4v) is 1.92. The van der Waals surface area contributed by atoms with Gasteiger partial charge in [-0.25, -0.2) is 9.66 Å². The van der Waals surface area contributed by atoms with Crippen LogP contribution < -0.4 is 5.73 Å². The number of anilines is 1. The number of hydrogen-bond acceptors (Lipinski definition) is 4. The number of nitrogens with two attached hydrogens (primary N) is 1. The van der Waals surface area contributed by atoms with Crippen LogP contribution in [0.2, 0.25) is 0 Å². The molecule has 2 N–H and O–H groups in total. The van der Waals surface area contributed by atoms with Crippen molar-refractivity contribution >= 4 is 12.2 Å². The van der Waals surface area contributed by atoms with Crippen molar-refractivity contribution in [3.05, 3.63) is 47.3 Å². The summed E-state index contributed by atoms with van der Waals surface area (Å²) in [6.45, 7) is 4.06. The predicted molar refractivity (Wildman–Crippen MR) is 82.9 cm³/mol. The average Bonchev–Trinajstić information content (AvgIpc) is 2.74. The smallest absolute Gasteiger partial charge is 0.221 e. The van der Waals surface area contributed by atoms with Crippen molar-refractivity contribution in [2.24, 2.45) is 5.10 Å². The van der Waals surface area contributed by atoms with Crippen LogP contribution in [0.4, 0.5) is 5.95 Å². The highest BCUT2D eigenvalue weighted by molar-refractivity contribution is 5.79. The molecule has 1 aromatic carbocycles. The Bertz CT molecular complexity index is 612. The molecule has 2 rings (SSSR count). The van der Waals surface area contributed by atoms with Crippen LogP contribution in [0.1, 0.15) is 29.8 Å². The molecule has 5 heteroatoms. The van der Waals surface area contributed by atoms with Crippen molar-refractivity contribution in [2.75, 3.05) is 19.8 Å². The van der Waals surface area contributed by atoms with Gasteiger partial charge >= 0.3 is 0 Å². The summed E-state index contributed by atoms with van der Waals surface area (Å²) in [6, 6.07) is 8.68. The first-order valence-electron chi connectivity index (χ1n) is 6.59. The van der Waals surface area contributed by atoms with Crippen LogP contribution in [0, 0.1) is 6.92 Å². The molecular formula is C15H21N5. The predicted octanol–water partition coefficient (Wildman–Crippen LogP) is 2.28. The van der Waals surface area contributed by atoms with E-state index in [9.17, 15) is 0 Å². The van der Waals surface area contributed by atoms with Gasteiger partial charge in [-0.15, -0.1) is 0 Å². The maximum atomic E-state index is 5.75. The van der Waals surface area contributed by atoms with E-state index in [-0.39, 0.29) is 0 Å². The highest BCUT2D eigenvalue weighted by Crippen LogP contribution is 2.17. The zero-order valence-electron chi connectivity index (χ0n) is 12.4. The van der Waals surface area contributed by atoms with E-state index in [4.69, 9.17) is 5.73 Å². The summed E-state index contributed by atoms with van der Waals surface area (Å²) in [5.74, 6) is 0.400. The molecule has 2 aromatic rings. The normalized spacial score (nSPS) is 13.2. The molecule has 1 atom stereocenters. The van der Waals surface area contributed by atoms with E-state index in [0.717, 1.165) is 11.3 Å². The number of imidazole rings is 1. The highest BCUT2D eigenvalue weighted by Gasteiger charge is 2.07. The quantitative estimate of drug-likeness (QED) is 0.868. The SMILES string of the molecule is Cc1cn(N=Cc2cccc(C(C)N(C)C)c2)c(N)n1. The van der Waals surface area contributed by atoms with Gasteiger partial charge in [0.05, 0.1) is 18.1 Å². The standard InChI is InChI=1S/C15H21N5/c1-11-10-20(15(16)18-11)17-9-13-6-5-7-14(8-13)12(2)19(3)4/h5-10,12H,1-4H3,(H2,16,18). The molecular weight excluding hydrogens is 250 g/mol. The van der Waals surface area contributed by atoms with Gasteiger partial charge in [0.1, 0.15) is 0 Å². The second-order valence-electron chi connectivity index (χ2n) is 5.14. The summed E-state index contributed by atoms with van der Waals surface area (Å²) in [6.07, 6.45) is 3.60. The van der Waals surface area contributed by atoms with Crippen LogP contribution in [-0.4, -0.2) is 34.9 Å². The lowest BCUT2D eigenvalue weighted by Gasteiger charge is -2.20. The van der Waals surface area contributed by atoms with E-state index < -0.39 is 0 Å². The molecule has 0 aliphatic heterocycles. The molecule has 20 heavy (non-hydrogen) atoms. The van der Waals surface area contributed by atoms with Gasteiger partial charge in [-0.05, 0) is 45.1 Å². The number of benzene rings is 1. The molecule has 0 spiro atoms. The lowest BCUT2D eigenvalue weighted by Crippen LogP contribution is -2.16. The number of aromatic nitrogens is 2. The maximum Gasteiger partial charge on any atom is 0.221 e. The van der Waals surface area contributed by atoms with Gasteiger partial charge in [-0.1, -0.05) is 18.2 Å². The van der Waals surface area contributed by atoms with Crippen molar-refractivity contribution in [2.45, 2.75) is 19.9 Å². The maximum absolute atomic E-state index is 5.75. The van der Waals surface area contributed by atoms with E-state index >= 15 is 0 Å². The van der Waals surface area contributed by atoms with Gasteiger partial charge in [-0.2, -0.15) is 5.10 Å². The summed E-state index contributed by atoms with van der Waals surface area (Å²) in [7, 11) is 4.14. The topological polar surface area (TPSA) is 59.4 Å². The van der Waals surface area contributed by atoms with E-state index in [2.05, 4.69) is 48.1 Å². The Balaban J connectivity index is 2.22. The van der Waals surface area contributed by atoms with Crippen molar-refractivity contribution in [1.29, 1.82) is 0 Å². The van der Waals surface area contributed by atoms with Crippen molar-refractivity contribution in [1.82, 2.24) is 14.6 Å². The van der Waals surface area contributed by atoms with Crippen LogP contribution in [0.25, 0.3) is 0 Å². The van der Waals surface area contributed by atoms with Crippen molar-refractivity contribution in [3.8, 4) is 0 Å². The monoisotopic (exact) mass is 271 g/mol. The Morgan fingerprint density at radius 1 is 1.40 bits per heavy atom. The molecule has 0 aliphatic carbocycles. The van der Waals surface area contributed by atoms with Crippen molar-refractivity contribution in [3.63, 3.8) is 0 Å². The van der Waals surface area contributed by atoms with E-state index in [1.165, 1.54) is 5.56 Å². The van der Waals surface area contributed by atoms with Gasteiger partial charge in [0, 0.05) is 6.04 Å². The molecule has 0 radical (unpaired) electrons. The summed E-state index contributed by atoms with van der Waals surface area (Å²) in [4.78, 5) is 6.29. The summed E-state index contributed by atoms with van der Waals surface area (Å²) < 4.78 is 1.58. The molecule has 0 bridgehead atoms. The third kappa shape index (κ3) is 3.24. The molecule has 0 aliphatic rings. The summed E-state index contributed by atoms with van der Waals surface area (Å²) in [5.41, 5.74) is 8.91. The van der Waals surface area contributed by atoms with Crippen LogP contribution in [0.3, 0.4) is 0 Å². The van der Waals surface area contributed by atoms with Crippen LogP contribution in [0.5, 0.6) is 0 Å². The Morgan fingerprint density at radius 2 is 2.15 bits per heavy atom. The minimum absolute atomic E-state index is 0.365. The van der Waals surface area contributed by atoms with E-state index in [1.807, 2.05) is 19.1 Å². The second-order valence-corrected chi connectivity index (χ2v) is 5.14. The molecule has 1 unspecified atom stereocenters. The highest BCUT2D eigenvalue weighted by atomic mass is 15.4. The molecule has 1 heterocycles. The molecule has 0 saturated heterocycles. The number of nitrogen functional groups attached to an aromatic ring is 1. The van der Waals surface area contributed by atoms with E-state index in [1.54, 1.807) is 17.1 Å². The minimum atomic E-state index is 0.365.